The van der Waals surface area contributed by atoms with Gasteiger partial charge in [-0.25, -0.2) is 0 Å². The molecule has 0 fully saturated rings. The topological polar surface area (TPSA) is 44.5 Å². The predicted molar refractivity (Wildman–Crippen MR) is 81.0 cm³/mol. The summed E-state index contributed by atoms with van der Waals surface area (Å²) in [7, 11) is 0. The Morgan fingerprint density at radius 2 is 1.65 bits per heavy atom. The van der Waals surface area contributed by atoms with Crippen molar-refractivity contribution in [3.63, 3.8) is 0 Å². The van der Waals surface area contributed by atoms with Crippen molar-refractivity contribution in [1.82, 2.24) is 0 Å². The summed E-state index contributed by atoms with van der Waals surface area (Å²) in [6, 6.07) is 0. The molecular weight excluding hydrogens is 274 g/mol. The van der Waals surface area contributed by atoms with Gasteiger partial charge in [0.1, 0.15) is 23.7 Å². The summed E-state index contributed by atoms with van der Waals surface area (Å²) in [6.07, 6.45) is 2.84. The molecule has 20 heavy (non-hydrogen) atoms. The first-order valence-electron chi connectivity index (χ1n) is 7.24. The Labute approximate surface area is 125 Å². The Bertz CT molecular complexity index is 524. The average Bonchev–Trinajstić information content (AvgIpc) is 2.86. The molecule has 2 heterocycles. The number of benzene rings is 1. The quantitative estimate of drug-likeness (QED) is 0.911. The molecule has 2 unspecified atom stereocenters. The van der Waals surface area contributed by atoms with E-state index in [1.807, 2.05) is 13.8 Å². The largest absolute Gasteiger partial charge is 0.490 e. The lowest BCUT2D eigenvalue weighted by Crippen LogP contribution is -2.35. The summed E-state index contributed by atoms with van der Waals surface area (Å²) in [5.74, 6) is 1.81. The minimum absolute atomic E-state index is 0.169. The highest BCUT2D eigenvalue weighted by Gasteiger charge is 2.36. The molecule has 2 N–H and O–H groups in total. The third kappa shape index (κ3) is 2.27. The predicted octanol–water partition coefficient (Wildman–Crippen LogP) is 3.27. The molecule has 0 spiro atoms. The molecular formula is C16H22ClNO2. The highest BCUT2D eigenvalue weighted by atomic mass is 35.5. The molecule has 4 heteroatoms. The van der Waals surface area contributed by atoms with E-state index in [4.69, 9.17) is 26.8 Å². The lowest BCUT2D eigenvalue weighted by molar-refractivity contribution is 0.251. The highest BCUT2D eigenvalue weighted by Crippen LogP contribution is 2.49. The number of hydrogen-bond donors (Lipinski definition) is 1. The van der Waals surface area contributed by atoms with Crippen LogP contribution in [0.1, 0.15) is 44.4 Å². The summed E-state index contributed by atoms with van der Waals surface area (Å²) in [6.45, 7) is 8.22. The fourth-order valence-corrected chi connectivity index (χ4v) is 3.51. The van der Waals surface area contributed by atoms with E-state index >= 15 is 0 Å². The zero-order valence-corrected chi connectivity index (χ0v) is 13.3. The Morgan fingerprint density at radius 3 is 2.25 bits per heavy atom. The molecule has 2 atom stereocenters. The van der Waals surface area contributed by atoms with Gasteiger partial charge in [0.15, 0.2) is 0 Å². The van der Waals surface area contributed by atoms with Crippen LogP contribution in [0, 0.1) is 0 Å². The molecule has 0 saturated carbocycles. The van der Waals surface area contributed by atoms with Gasteiger partial charge in [0, 0.05) is 35.1 Å². The Hall–Kier alpha value is -0.930. The Balaban J connectivity index is 2.18. The molecule has 0 saturated heterocycles. The maximum atomic E-state index is 6.54. The lowest BCUT2D eigenvalue weighted by Gasteiger charge is -2.22. The van der Waals surface area contributed by atoms with Crippen LogP contribution in [0.3, 0.4) is 0 Å². The fourth-order valence-electron chi connectivity index (χ4n) is 3.19. The van der Waals surface area contributed by atoms with Crippen LogP contribution in [0.5, 0.6) is 11.5 Å². The van der Waals surface area contributed by atoms with Gasteiger partial charge in [-0.1, -0.05) is 11.6 Å². The molecule has 2 aliphatic heterocycles. The average molecular weight is 296 g/mol. The van der Waals surface area contributed by atoms with Crippen LogP contribution in [0.2, 0.25) is 5.02 Å². The molecule has 0 bridgehead atoms. The highest BCUT2D eigenvalue weighted by molar-refractivity contribution is 6.33. The molecule has 0 aromatic heterocycles. The summed E-state index contributed by atoms with van der Waals surface area (Å²) in [5.41, 5.74) is 9.43. The number of fused-ring (bicyclic) bond motifs is 2. The molecule has 0 aliphatic carbocycles. The Kier molecular flexibility index (Phi) is 3.18. The van der Waals surface area contributed by atoms with Gasteiger partial charge in [-0.2, -0.15) is 0 Å². The zero-order chi connectivity index (χ0) is 14.7. The molecule has 1 aromatic rings. The van der Waals surface area contributed by atoms with Crippen LogP contribution in [0.4, 0.5) is 0 Å². The van der Waals surface area contributed by atoms with Crippen molar-refractivity contribution in [3.05, 3.63) is 21.7 Å². The van der Waals surface area contributed by atoms with Gasteiger partial charge in [-0.15, -0.1) is 0 Å². The zero-order valence-electron chi connectivity index (χ0n) is 12.5. The van der Waals surface area contributed by atoms with Gasteiger partial charge < -0.3 is 15.2 Å². The minimum atomic E-state index is -0.281. The van der Waals surface area contributed by atoms with Gasteiger partial charge >= 0.3 is 0 Å². The molecule has 2 aliphatic rings. The third-order valence-electron chi connectivity index (χ3n) is 3.90. The van der Waals surface area contributed by atoms with Gasteiger partial charge in [0.25, 0.3) is 0 Å². The van der Waals surface area contributed by atoms with Crippen molar-refractivity contribution in [3.8, 4) is 11.5 Å². The van der Waals surface area contributed by atoms with E-state index in [0.717, 1.165) is 41.3 Å². The summed E-state index contributed by atoms with van der Waals surface area (Å²) in [5, 5.41) is 0.738. The monoisotopic (exact) mass is 295 g/mol. The van der Waals surface area contributed by atoms with Gasteiger partial charge in [-0.05, 0) is 34.1 Å². The van der Waals surface area contributed by atoms with Crippen molar-refractivity contribution >= 4 is 11.6 Å². The second kappa shape index (κ2) is 4.54. The van der Waals surface area contributed by atoms with Crippen molar-refractivity contribution in [2.24, 2.45) is 5.73 Å². The summed E-state index contributed by atoms with van der Waals surface area (Å²) >= 11 is 6.54. The van der Waals surface area contributed by atoms with E-state index in [9.17, 15) is 0 Å². The van der Waals surface area contributed by atoms with E-state index in [1.165, 1.54) is 11.1 Å². The Morgan fingerprint density at radius 1 is 1.10 bits per heavy atom. The van der Waals surface area contributed by atoms with E-state index < -0.39 is 0 Å². The number of hydrogen-bond acceptors (Lipinski definition) is 3. The second-order valence-electron chi connectivity index (χ2n) is 6.84. The fraction of sp³-hybridized carbons (Fsp3) is 0.625. The second-order valence-corrected chi connectivity index (χ2v) is 7.22. The van der Waals surface area contributed by atoms with Crippen molar-refractivity contribution in [1.29, 1.82) is 0 Å². The van der Waals surface area contributed by atoms with E-state index in [2.05, 4.69) is 13.8 Å². The third-order valence-corrected chi connectivity index (χ3v) is 4.30. The van der Waals surface area contributed by atoms with Gasteiger partial charge in [0.05, 0.1) is 5.02 Å². The SMILES string of the molecule is CC1Cc2c(CC(C)(C)N)c3c(c(Cl)c2O1)CC(C)O3. The maximum Gasteiger partial charge on any atom is 0.142 e. The van der Waals surface area contributed by atoms with Crippen molar-refractivity contribution in [2.75, 3.05) is 0 Å². The van der Waals surface area contributed by atoms with E-state index in [1.54, 1.807) is 0 Å². The molecule has 110 valence electrons. The van der Waals surface area contributed by atoms with Crippen LogP contribution in [-0.2, 0) is 19.3 Å². The normalized spacial score (nSPS) is 24.1. The first-order chi connectivity index (χ1) is 9.26. The van der Waals surface area contributed by atoms with Crippen LogP contribution >= 0.6 is 11.6 Å². The van der Waals surface area contributed by atoms with Crippen LogP contribution < -0.4 is 15.2 Å². The maximum absolute atomic E-state index is 6.54. The van der Waals surface area contributed by atoms with Gasteiger partial charge in [-0.3, -0.25) is 0 Å². The lowest BCUT2D eigenvalue weighted by atomic mass is 9.89. The van der Waals surface area contributed by atoms with E-state index in [0.29, 0.717) is 0 Å². The first kappa shape index (κ1) is 14.0. The van der Waals surface area contributed by atoms with Crippen molar-refractivity contribution < 1.29 is 9.47 Å². The molecule has 3 rings (SSSR count). The molecule has 0 radical (unpaired) electrons. The van der Waals surface area contributed by atoms with Crippen molar-refractivity contribution in [2.45, 2.75) is 64.7 Å². The van der Waals surface area contributed by atoms with Crippen LogP contribution in [-0.4, -0.2) is 17.7 Å². The van der Waals surface area contributed by atoms with Gasteiger partial charge in [0.2, 0.25) is 0 Å². The molecule has 3 nitrogen and oxygen atoms in total. The number of rotatable bonds is 2. The molecule has 0 amide bonds. The summed E-state index contributed by atoms with van der Waals surface area (Å²) < 4.78 is 12.0. The molecule has 1 aromatic carbocycles. The van der Waals surface area contributed by atoms with E-state index in [-0.39, 0.29) is 17.7 Å². The van der Waals surface area contributed by atoms with Crippen LogP contribution in [0.25, 0.3) is 0 Å². The minimum Gasteiger partial charge on any atom is -0.490 e. The number of nitrogens with two attached hydrogens (primary N) is 1. The smallest absolute Gasteiger partial charge is 0.142 e. The number of ether oxygens (including phenoxy) is 2. The number of halogens is 1. The van der Waals surface area contributed by atoms with Crippen LogP contribution in [0.15, 0.2) is 0 Å². The summed E-state index contributed by atoms with van der Waals surface area (Å²) in [4.78, 5) is 0. The first-order valence-corrected chi connectivity index (χ1v) is 7.62. The standard InChI is InChI=1S/C16H22ClNO2/c1-8-5-10-12(7-16(3,4)18)14-11(6-9(2)19-14)13(17)15(10)20-8/h8-9H,5-7,18H2,1-4H3.